The van der Waals surface area contributed by atoms with Crippen LogP contribution in [-0.2, 0) is 4.79 Å². The zero-order valence-corrected chi connectivity index (χ0v) is 13.4. The molecule has 2 nitrogen and oxygen atoms in total. The van der Waals surface area contributed by atoms with Gasteiger partial charge in [-0.05, 0) is 38.5 Å². The number of hydrogen-bond donors (Lipinski definition) is 0. The zero-order chi connectivity index (χ0) is 13.2. The van der Waals surface area contributed by atoms with Crippen molar-refractivity contribution < 1.29 is 4.79 Å². The highest BCUT2D eigenvalue weighted by Gasteiger charge is 2.43. The Morgan fingerprint density at radius 1 is 0.842 bits per heavy atom. The molecule has 2 saturated heterocycles. The molecule has 3 fully saturated rings. The molecule has 3 rings (SSSR count). The average molecular weight is 328 g/mol. The first-order valence-corrected chi connectivity index (χ1v) is 9.13. The van der Waals surface area contributed by atoms with Crippen LogP contribution in [-0.4, -0.2) is 27.7 Å². The predicted octanol–water partition coefficient (Wildman–Crippen LogP) is 4.26. The van der Waals surface area contributed by atoms with Crippen molar-refractivity contribution in [3.8, 4) is 0 Å². The Balaban J connectivity index is 1.66. The molecule has 2 bridgehead atoms. The second-order valence-corrected chi connectivity index (χ2v) is 8.04. The Morgan fingerprint density at radius 2 is 1.37 bits per heavy atom. The van der Waals surface area contributed by atoms with E-state index in [0.29, 0.717) is 28.7 Å². The molecule has 0 aromatic rings. The number of halogens is 1. The summed E-state index contributed by atoms with van der Waals surface area (Å²) >= 11 is 3.77. The topological polar surface area (TPSA) is 20.3 Å². The lowest BCUT2D eigenvalue weighted by Crippen LogP contribution is -2.49. The lowest BCUT2D eigenvalue weighted by Gasteiger charge is -2.39. The van der Waals surface area contributed by atoms with E-state index in [4.69, 9.17) is 0 Å². The maximum atomic E-state index is 12.9. The fourth-order valence-corrected chi connectivity index (χ4v) is 5.25. The summed E-state index contributed by atoms with van der Waals surface area (Å²) in [7, 11) is 0. The van der Waals surface area contributed by atoms with Crippen LogP contribution in [0.3, 0.4) is 0 Å². The van der Waals surface area contributed by atoms with Crippen LogP contribution in [0.5, 0.6) is 0 Å². The Morgan fingerprint density at radius 3 is 1.95 bits per heavy atom. The van der Waals surface area contributed by atoms with Gasteiger partial charge in [-0.3, -0.25) is 4.79 Å². The number of hydrogen-bond acceptors (Lipinski definition) is 1. The lowest BCUT2D eigenvalue weighted by molar-refractivity contribution is -0.140. The van der Waals surface area contributed by atoms with E-state index in [1.54, 1.807) is 0 Å². The summed E-state index contributed by atoms with van der Waals surface area (Å²) in [5.74, 6) is 0.851. The van der Waals surface area contributed by atoms with Gasteiger partial charge in [-0.15, -0.1) is 0 Å². The van der Waals surface area contributed by atoms with Crippen LogP contribution in [0, 0.1) is 5.92 Å². The van der Waals surface area contributed by atoms with Gasteiger partial charge in [-0.25, -0.2) is 0 Å². The summed E-state index contributed by atoms with van der Waals surface area (Å²) in [5.41, 5.74) is 0. The Bertz CT molecular complexity index is 311. The summed E-state index contributed by atoms with van der Waals surface area (Å²) in [4.78, 5) is 15.9. The molecule has 108 valence electrons. The number of carbonyl (C=O) groups excluding carboxylic acids is 1. The van der Waals surface area contributed by atoms with Gasteiger partial charge in [0, 0.05) is 22.8 Å². The first kappa shape index (κ1) is 13.9. The molecule has 2 heterocycles. The van der Waals surface area contributed by atoms with Gasteiger partial charge in [0.05, 0.1) is 0 Å². The Kier molecular flexibility index (Phi) is 4.51. The summed E-state index contributed by atoms with van der Waals surface area (Å²) in [6, 6.07) is 1.09. The fraction of sp³-hybridized carbons (Fsp3) is 0.938. The first-order valence-electron chi connectivity index (χ1n) is 8.22. The molecule has 2 unspecified atom stereocenters. The van der Waals surface area contributed by atoms with E-state index < -0.39 is 0 Å². The average Bonchev–Trinajstić information content (AvgIpc) is 2.60. The SMILES string of the molecule is O=C(C1CCCCCCC1)N1C2CCC1CC(Br)C2. The van der Waals surface area contributed by atoms with E-state index in [2.05, 4.69) is 20.8 Å². The molecule has 0 N–H and O–H groups in total. The van der Waals surface area contributed by atoms with Crippen molar-refractivity contribution in [2.75, 3.05) is 0 Å². The van der Waals surface area contributed by atoms with Crippen molar-refractivity contribution in [3.05, 3.63) is 0 Å². The number of piperidine rings is 1. The van der Waals surface area contributed by atoms with Crippen molar-refractivity contribution in [3.63, 3.8) is 0 Å². The maximum absolute atomic E-state index is 12.9. The van der Waals surface area contributed by atoms with Crippen LogP contribution < -0.4 is 0 Å². The van der Waals surface area contributed by atoms with Gasteiger partial charge < -0.3 is 4.90 Å². The molecular formula is C16H26BrNO. The molecule has 1 saturated carbocycles. The van der Waals surface area contributed by atoms with Crippen molar-refractivity contribution in [1.82, 2.24) is 4.90 Å². The smallest absolute Gasteiger partial charge is 0.226 e. The molecule has 0 spiro atoms. The van der Waals surface area contributed by atoms with Crippen LogP contribution in [0.4, 0.5) is 0 Å². The van der Waals surface area contributed by atoms with Gasteiger partial charge in [-0.1, -0.05) is 48.0 Å². The third kappa shape index (κ3) is 3.01. The largest absolute Gasteiger partial charge is 0.336 e. The summed E-state index contributed by atoms with van der Waals surface area (Å²) in [5, 5.41) is 0. The van der Waals surface area contributed by atoms with Crippen molar-refractivity contribution in [2.24, 2.45) is 5.92 Å². The first-order chi connectivity index (χ1) is 9.25. The Labute approximate surface area is 125 Å². The molecule has 2 atom stereocenters. The summed E-state index contributed by atoms with van der Waals surface area (Å²) in [6.45, 7) is 0. The van der Waals surface area contributed by atoms with Crippen LogP contribution in [0.15, 0.2) is 0 Å². The number of carbonyl (C=O) groups is 1. The van der Waals surface area contributed by atoms with E-state index in [1.165, 1.54) is 57.8 Å². The van der Waals surface area contributed by atoms with Crippen LogP contribution in [0.25, 0.3) is 0 Å². The highest BCUT2D eigenvalue weighted by molar-refractivity contribution is 9.09. The Hall–Kier alpha value is -0.0500. The molecule has 0 aromatic heterocycles. The number of alkyl halides is 1. The molecule has 1 amide bonds. The van der Waals surface area contributed by atoms with E-state index in [9.17, 15) is 4.79 Å². The van der Waals surface area contributed by atoms with Crippen LogP contribution in [0.2, 0.25) is 0 Å². The van der Waals surface area contributed by atoms with Crippen molar-refractivity contribution in [2.45, 2.75) is 87.5 Å². The second kappa shape index (κ2) is 6.15. The molecule has 2 aliphatic heterocycles. The van der Waals surface area contributed by atoms with Gasteiger partial charge in [0.25, 0.3) is 0 Å². The molecular weight excluding hydrogens is 302 g/mol. The predicted molar refractivity (Wildman–Crippen MR) is 81.4 cm³/mol. The summed E-state index contributed by atoms with van der Waals surface area (Å²) < 4.78 is 0. The minimum absolute atomic E-state index is 0.343. The quantitative estimate of drug-likeness (QED) is 0.659. The van der Waals surface area contributed by atoms with E-state index in [-0.39, 0.29) is 0 Å². The minimum atomic E-state index is 0.343. The highest BCUT2D eigenvalue weighted by atomic mass is 79.9. The number of nitrogens with zero attached hydrogens (tertiary/aromatic N) is 1. The fourth-order valence-electron chi connectivity index (χ4n) is 4.38. The molecule has 3 aliphatic rings. The molecule has 3 heteroatoms. The number of amides is 1. The highest BCUT2D eigenvalue weighted by Crippen LogP contribution is 2.40. The standard InChI is InChI=1S/C16H26BrNO/c17-13-10-14-8-9-15(11-13)18(14)16(19)12-6-4-2-1-3-5-7-12/h12-15H,1-11H2. The molecule has 0 radical (unpaired) electrons. The third-order valence-electron chi connectivity index (χ3n) is 5.38. The molecule has 19 heavy (non-hydrogen) atoms. The van der Waals surface area contributed by atoms with Gasteiger partial charge in [0.15, 0.2) is 0 Å². The van der Waals surface area contributed by atoms with Crippen LogP contribution in [0.1, 0.15) is 70.6 Å². The number of fused-ring (bicyclic) bond motifs is 2. The van der Waals surface area contributed by atoms with Gasteiger partial charge in [-0.2, -0.15) is 0 Å². The number of rotatable bonds is 1. The monoisotopic (exact) mass is 327 g/mol. The third-order valence-corrected chi connectivity index (χ3v) is 6.13. The van der Waals surface area contributed by atoms with Crippen molar-refractivity contribution in [1.29, 1.82) is 0 Å². The van der Waals surface area contributed by atoms with E-state index >= 15 is 0 Å². The maximum Gasteiger partial charge on any atom is 0.226 e. The van der Waals surface area contributed by atoms with Gasteiger partial charge in [0.2, 0.25) is 5.91 Å². The van der Waals surface area contributed by atoms with E-state index in [0.717, 1.165) is 12.8 Å². The second-order valence-electron chi connectivity index (χ2n) is 6.74. The summed E-state index contributed by atoms with van der Waals surface area (Å²) in [6.07, 6.45) is 13.7. The van der Waals surface area contributed by atoms with Crippen LogP contribution >= 0.6 is 15.9 Å². The minimum Gasteiger partial charge on any atom is -0.336 e. The van der Waals surface area contributed by atoms with Crippen molar-refractivity contribution >= 4 is 21.8 Å². The van der Waals surface area contributed by atoms with E-state index in [1.807, 2.05) is 0 Å². The molecule has 1 aliphatic carbocycles. The van der Waals surface area contributed by atoms with Gasteiger partial charge in [0.1, 0.15) is 0 Å². The van der Waals surface area contributed by atoms with Gasteiger partial charge >= 0.3 is 0 Å². The lowest BCUT2D eigenvalue weighted by atomic mass is 9.89. The molecule has 0 aromatic carbocycles. The zero-order valence-electron chi connectivity index (χ0n) is 11.8. The normalized spacial score (nSPS) is 36.9.